The summed E-state index contributed by atoms with van der Waals surface area (Å²) in [5, 5.41) is 11.8. The molecule has 0 unspecified atom stereocenters. The lowest BCUT2D eigenvalue weighted by Crippen LogP contribution is -2.09. The summed E-state index contributed by atoms with van der Waals surface area (Å²) < 4.78 is 25.6. The van der Waals surface area contributed by atoms with Gasteiger partial charge in [-0.15, -0.1) is 4.40 Å². The second-order valence-electron chi connectivity index (χ2n) is 3.15. The predicted octanol–water partition coefficient (Wildman–Crippen LogP) is 1.65. The highest BCUT2D eigenvalue weighted by molar-refractivity contribution is 8.14. The van der Waals surface area contributed by atoms with E-state index in [-0.39, 0.29) is 5.17 Å². The lowest BCUT2D eigenvalue weighted by molar-refractivity contribution is 0.604. The first-order valence-corrected chi connectivity index (χ1v) is 7.63. The molecule has 0 heterocycles. The number of hydrogen-bond donors (Lipinski definition) is 1. The van der Waals surface area contributed by atoms with Crippen LogP contribution >= 0.6 is 11.8 Å². The maximum absolute atomic E-state index is 11.0. The van der Waals surface area contributed by atoms with Gasteiger partial charge < -0.3 is 5.32 Å². The topological polar surface area (TPSA) is 82.3 Å². The fourth-order valence-corrected chi connectivity index (χ4v) is 2.28. The Balaban J connectivity index is 2.89. The molecule has 0 bridgehead atoms. The zero-order valence-corrected chi connectivity index (χ0v) is 11.0. The maximum atomic E-state index is 11.0. The van der Waals surface area contributed by atoms with Gasteiger partial charge in [0.1, 0.15) is 0 Å². The van der Waals surface area contributed by atoms with Gasteiger partial charge in [0, 0.05) is 5.69 Å². The van der Waals surface area contributed by atoms with Crippen LogP contribution in [0.1, 0.15) is 5.56 Å². The summed E-state index contributed by atoms with van der Waals surface area (Å²) in [7, 11) is -3.42. The average Bonchev–Trinajstić information content (AvgIpc) is 2.27. The van der Waals surface area contributed by atoms with Gasteiger partial charge in [-0.1, -0.05) is 11.8 Å². The van der Waals surface area contributed by atoms with E-state index in [1.165, 1.54) is 11.8 Å². The normalized spacial score (nSPS) is 11.9. The van der Waals surface area contributed by atoms with Crippen LogP contribution in [-0.2, 0) is 10.0 Å². The van der Waals surface area contributed by atoms with Gasteiger partial charge in [-0.3, -0.25) is 0 Å². The third kappa shape index (κ3) is 4.89. The van der Waals surface area contributed by atoms with Crippen molar-refractivity contribution in [3.63, 3.8) is 0 Å². The van der Waals surface area contributed by atoms with Crippen molar-refractivity contribution in [2.45, 2.75) is 0 Å². The second kappa shape index (κ2) is 5.70. The molecular formula is C10H11N3O2S2. The van der Waals surface area contributed by atoms with E-state index in [0.717, 1.165) is 6.26 Å². The summed E-state index contributed by atoms with van der Waals surface area (Å²) in [6, 6.07) is 8.65. The van der Waals surface area contributed by atoms with Crippen LogP contribution in [-0.4, -0.2) is 26.1 Å². The number of benzene rings is 1. The fourth-order valence-electron chi connectivity index (χ4n) is 1.01. The first kappa shape index (κ1) is 13.5. The highest BCUT2D eigenvalue weighted by Gasteiger charge is 2.03. The Morgan fingerprint density at radius 1 is 1.41 bits per heavy atom. The van der Waals surface area contributed by atoms with Gasteiger partial charge in [0.25, 0.3) is 10.0 Å². The number of thioether (sulfide) groups is 1. The third-order valence-corrected chi connectivity index (χ3v) is 2.92. The molecule has 0 radical (unpaired) electrons. The highest BCUT2D eigenvalue weighted by Crippen LogP contribution is 2.12. The molecule has 0 spiro atoms. The van der Waals surface area contributed by atoms with Gasteiger partial charge in [0.2, 0.25) is 0 Å². The van der Waals surface area contributed by atoms with Crippen molar-refractivity contribution in [2.75, 3.05) is 17.8 Å². The number of sulfonamides is 1. The van der Waals surface area contributed by atoms with Gasteiger partial charge in [-0.2, -0.15) is 5.26 Å². The summed E-state index contributed by atoms with van der Waals surface area (Å²) in [4.78, 5) is 0. The van der Waals surface area contributed by atoms with Crippen molar-refractivity contribution in [3.05, 3.63) is 29.8 Å². The molecule has 1 aromatic rings. The molecule has 0 atom stereocenters. The molecule has 1 rings (SSSR count). The molecule has 1 N–H and O–H groups in total. The molecule has 5 nitrogen and oxygen atoms in total. The number of rotatable bonds is 2. The molecule has 90 valence electrons. The lowest BCUT2D eigenvalue weighted by atomic mass is 10.2. The van der Waals surface area contributed by atoms with E-state index >= 15 is 0 Å². The molecule has 0 fully saturated rings. The standard InChI is InChI=1S/C10H11N3O2S2/c1-16-10(13-17(2,14)15)12-9-5-3-8(7-11)4-6-9/h3-6H,1-2H3,(H,12,13). The Morgan fingerprint density at radius 3 is 2.41 bits per heavy atom. The summed E-state index contributed by atoms with van der Waals surface area (Å²) in [6.07, 6.45) is 2.75. The van der Waals surface area contributed by atoms with Crippen molar-refractivity contribution in [2.24, 2.45) is 4.40 Å². The summed E-state index contributed by atoms with van der Waals surface area (Å²) in [6.45, 7) is 0. The fraction of sp³-hybridized carbons (Fsp3) is 0.200. The van der Waals surface area contributed by atoms with Crippen LogP contribution < -0.4 is 5.32 Å². The van der Waals surface area contributed by atoms with Gasteiger partial charge in [-0.05, 0) is 30.5 Å². The largest absolute Gasteiger partial charge is 0.334 e. The van der Waals surface area contributed by atoms with E-state index in [9.17, 15) is 8.42 Å². The van der Waals surface area contributed by atoms with Crippen molar-refractivity contribution < 1.29 is 8.42 Å². The number of amidine groups is 1. The summed E-state index contributed by atoms with van der Waals surface area (Å²) >= 11 is 1.20. The quantitative estimate of drug-likeness (QED) is 0.652. The van der Waals surface area contributed by atoms with E-state index in [1.807, 2.05) is 6.07 Å². The lowest BCUT2D eigenvalue weighted by Gasteiger charge is -2.06. The first-order valence-electron chi connectivity index (χ1n) is 4.56. The van der Waals surface area contributed by atoms with Gasteiger partial charge in [0.15, 0.2) is 5.17 Å². The summed E-state index contributed by atoms with van der Waals surface area (Å²) in [5.41, 5.74) is 1.22. The molecule has 0 aliphatic heterocycles. The second-order valence-corrected chi connectivity index (χ2v) is 5.59. The zero-order chi connectivity index (χ0) is 12.9. The molecule has 0 aliphatic carbocycles. The van der Waals surface area contributed by atoms with Gasteiger partial charge in [0.05, 0.1) is 17.9 Å². The van der Waals surface area contributed by atoms with Gasteiger partial charge >= 0.3 is 0 Å². The summed E-state index contributed by atoms with van der Waals surface area (Å²) in [5.74, 6) is 0. The van der Waals surface area contributed by atoms with Crippen LogP contribution in [0.4, 0.5) is 5.69 Å². The van der Waals surface area contributed by atoms with Crippen LogP contribution in [0.5, 0.6) is 0 Å². The van der Waals surface area contributed by atoms with E-state index < -0.39 is 10.0 Å². The Kier molecular flexibility index (Phi) is 4.54. The van der Waals surface area contributed by atoms with Crippen LogP contribution in [0.2, 0.25) is 0 Å². The van der Waals surface area contributed by atoms with Crippen LogP contribution in [0.3, 0.4) is 0 Å². The van der Waals surface area contributed by atoms with Gasteiger partial charge in [-0.25, -0.2) is 8.42 Å². The molecule has 0 saturated carbocycles. The third-order valence-electron chi connectivity index (χ3n) is 1.71. The minimum atomic E-state index is -3.42. The number of nitriles is 1. The van der Waals surface area contributed by atoms with E-state index in [1.54, 1.807) is 30.5 Å². The Labute approximate surface area is 105 Å². The van der Waals surface area contributed by atoms with E-state index in [0.29, 0.717) is 11.3 Å². The highest BCUT2D eigenvalue weighted by atomic mass is 32.2. The minimum Gasteiger partial charge on any atom is -0.334 e. The van der Waals surface area contributed by atoms with Crippen molar-refractivity contribution in [1.29, 1.82) is 5.26 Å². The van der Waals surface area contributed by atoms with Crippen molar-refractivity contribution in [3.8, 4) is 6.07 Å². The van der Waals surface area contributed by atoms with Crippen LogP contribution in [0.15, 0.2) is 28.7 Å². The zero-order valence-electron chi connectivity index (χ0n) is 9.34. The number of nitrogens with zero attached hydrogens (tertiary/aromatic N) is 2. The molecule has 0 aromatic heterocycles. The Hall–Kier alpha value is -1.52. The molecule has 0 aliphatic rings. The van der Waals surface area contributed by atoms with Crippen LogP contribution in [0, 0.1) is 11.3 Å². The molecule has 0 amide bonds. The Morgan fingerprint density at radius 2 is 2.00 bits per heavy atom. The number of hydrogen-bond acceptors (Lipinski definition) is 4. The maximum Gasteiger partial charge on any atom is 0.252 e. The first-order chi connectivity index (χ1) is 7.94. The molecule has 17 heavy (non-hydrogen) atoms. The van der Waals surface area contributed by atoms with Crippen molar-refractivity contribution in [1.82, 2.24) is 0 Å². The average molecular weight is 269 g/mol. The molecule has 1 aromatic carbocycles. The number of nitrogens with one attached hydrogen (secondary N) is 1. The van der Waals surface area contributed by atoms with E-state index in [4.69, 9.17) is 5.26 Å². The SMILES string of the molecule is CSC(=NS(C)(=O)=O)Nc1ccc(C#N)cc1. The van der Waals surface area contributed by atoms with Crippen molar-refractivity contribution >= 4 is 32.6 Å². The Bertz CT molecular complexity index is 556. The van der Waals surface area contributed by atoms with Crippen LogP contribution in [0.25, 0.3) is 0 Å². The molecular weight excluding hydrogens is 258 g/mol. The number of anilines is 1. The molecule has 0 saturated heterocycles. The smallest absolute Gasteiger partial charge is 0.252 e. The predicted molar refractivity (Wildman–Crippen MR) is 70.6 cm³/mol. The minimum absolute atomic E-state index is 0.289. The molecule has 7 heteroatoms. The van der Waals surface area contributed by atoms with E-state index in [2.05, 4.69) is 9.71 Å². The monoisotopic (exact) mass is 269 g/mol.